The first-order valence-electron chi connectivity index (χ1n) is 8.77. The molecule has 1 unspecified atom stereocenters. The molecule has 0 aliphatic carbocycles. The number of nitrogens with zero attached hydrogens (tertiary/aromatic N) is 4. The fourth-order valence-electron chi connectivity index (χ4n) is 3.21. The van der Waals surface area contributed by atoms with Crippen LogP contribution in [0.2, 0.25) is 0 Å². The van der Waals surface area contributed by atoms with Gasteiger partial charge in [0.2, 0.25) is 0 Å². The Morgan fingerprint density at radius 1 is 1.35 bits per heavy atom. The van der Waals surface area contributed by atoms with Crippen molar-refractivity contribution in [3.05, 3.63) is 11.6 Å². The van der Waals surface area contributed by atoms with Gasteiger partial charge >= 0.3 is 0 Å². The van der Waals surface area contributed by atoms with Gasteiger partial charge in [-0.2, -0.15) is 16.9 Å². The lowest BCUT2D eigenvalue weighted by molar-refractivity contribution is 0.391. The molecule has 0 spiro atoms. The summed E-state index contributed by atoms with van der Waals surface area (Å²) in [4.78, 5) is 9.31. The highest BCUT2D eigenvalue weighted by Crippen LogP contribution is 2.22. The molecule has 1 saturated heterocycles. The fraction of sp³-hybridized carbons (Fsp3) is 0.812. The van der Waals surface area contributed by atoms with Gasteiger partial charge in [-0.05, 0) is 50.5 Å². The van der Waals surface area contributed by atoms with E-state index in [-0.39, 0.29) is 0 Å². The van der Waals surface area contributed by atoms with E-state index >= 15 is 0 Å². The van der Waals surface area contributed by atoms with Crippen LogP contribution in [-0.2, 0) is 13.0 Å². The van der Waals surface area contributed by atoms with Crippen LogP contribution in [-0.4, -0.2) is 51.4 Å². The van der Waals surface area contributed by atoms with Crippen LogP contribution in [0.25, 0.3) is 0 Å². The van der Waals surface area contributed by atoms with E-state index in [1.165, 1.54) is 24.3 Å². The molecule has 0 bridgehead atoms. The topological polar surface area (TPSA) is 67.1 Å². The molecule has 1 aromatic heterocycles. The van der Waals surface area contributed by atoms with Gasteiger partial charge in [-0.3, -0.25) is 4.99 Å². The van der Waals surface area contributed by atoms with Gasteiger partial charge in [0.15, 0.2) is 5.96 Å². The van der Waals surface area contributed by atoms with Gasteiger partial charge in [0.05, 0.1) is 6.54 Å². The molecule has 0 amide bonds. The quantitative estimate of drug-likeness (QED) is 0.646. The number of hydrogen-bond acceptors (Lipinski definition) is 4. The average molecular weight is 337 g/mol. The molecule has 3 rings (SSSR count). The SMILES string of the molecule is CCNC(=NCC1CCSCC1)NC1CCc2nc(C)nn2C1. The second kappa shape index (κ2) is 8.04. The third-order valence-corrected chi connectivity index (χ3v) is 5.55. The predicted octanol–water partition coefficient (Wildman–Crippen LogP) is 1.60. The first-order chi connectivity index (χ1) is 11.2. The van der Waals surface area contributed by atoms with Gasteiger partial charge in [0, 0.05) is 25.6 Å². The molecule has 7 heteroatoms. The molecular weight excluding hydrogens is 308 g/mol. The Kier molecular flexibility index (Phi) is 5.80. The minimum absolute atomic E-state index is 0.378. The molecule has 0 saturated carbocycles. The lowest BCUT2D eigenvalue weighted by Crippen LogP contribution is -2.47. The van der Waals surface area contributed by atoms with Crippen molar-refractivity contribution < 1.29 is 0 Å². The summed E-state index contributed by atoms with van der Waals surface area (Å²) < 4.78 is 2.04. The molecule has 1 fully saturated rings. The van der Waals surface area contributed by atoms with Gasteiger partial charge in [-0.15, -0.1) is 0 Å². The molecular formula is C16H28N6S. The van der Waals surface area contributed by atoms with E-state index in [1.54, 1.807) is 0 Å². The highest BCUT2D eigenvalue weighted by atomic mass is 32.2. The Hall–Kier alpha value is -1.24. The zero-order chi connectivity index (χ0) is 16.1. The van der Waals surface area contributed by atoms with Crippen molar-refractivity contribution in [3.63, 3.8) is 0 Å². The van der Waals surface area contributed by atoms with Gasteiger partial charge in [-0.25, -0.2) is 9.67 Å². The summed E-state index contributed by atoms with van der Waals surface area (Å²) in [5, 5.41) is 11.5. The summed E-state index contributed by atoms with van der Waals surface area (Å²) in [7, 11) is 0. The van der Waals surface area contributed by atoms with Crippen molar-refractivity contribution in [2.75, 3.05) is 24.6 Å². The monoisotopic (exact) mass is 336 g/mol. The molecule has 3 heterocycles. The second-order valence-electron chi connectivity index (χ2n) is 6.41. The lowest BCUT2D eigenvalue weighted by Gasteiger charge is -2.26. The van der Waals surface area contributed by atoms with Crippen LogP contribution < -0.4 is 10.6 Å². The van der Waals surface area contributed by atoms with E-state index < -0.39 is 0 Å². The molecule has 2 aliphatic rings. The molecule has 1 aromatic rings. The van der Waals surface area contributed by atoms with Gasteiger partial charge in [0.1, 0.15) is 11.6 Å². The van der Waals surface area contributed by atoms with Crippen molar-refractivity contribution >= 4 is 17.7 Å². The molecule has 2 N–H and O–H groups in total. The Bertz CT molecular complexity index is 535. The molecule has 2 aliphatic heterocycles. The summed E-state index contributed by atoms with van der Waals surface area (Å²) in [6, 6.07) is 0.378. The highest BCUT2D eigenvalue weighted by Gasteiger charge is 2.22. The lowest BCUT2D eigenvalue weighted by atomic mass is 10.0. The number of fused-ring (bicyclic) bond motifs is 1. The minimum Gasteiger partial charge on any atom is -0.357 e. The van der Waals surface area contributed by atoms with Crippen LogP contribution in [0.5, 0.6) is 0 Å². The van der Waals surface area contributed by atoms with Crippen molar-refractivity contribution in [1.82, 2.24) is 25.4 Å². The molecule has 23 heavy (non-hydrogen) atoms. The van der Waals surface area contributed by atoms with Crippen LogP contribution in [0.1, 0.15) is 37.8 Å². The maximum atomic E-state index is 4.83. The second-order valence-corrected chi connectivity index (χ2v) is 7.64. The summed E-state index contributed by atoms with van der Waals surface area (Å²) in [6.07, 6.45) is 4.68. The van der Waals surface area contributed by atoms with Gasteiger partial charge < -0.3 is 10.6 Å². The number of rotatable bonds is 4. The maximum absolute atomic E-state index is 4.83. The van der Waals surface area contributed by atoms with E-state index in [2.05, 4.69) is 39.4 Å². The van der Waals surface area contributed by atoms with Crippen LogP contribution >= 0.6 is 11.8 Å². The molecule has 128 valence electrons. The third kappa shape index (κ3) is 4.62. The normalized spacial score (nSPS) is 22.7. The zero-order valence-corrected chi connectivity index (χ0v) is 15.0. The Balaban J connectivity index is 1.56. The largest absolute Gasteiger partial charge is 0.357 e. The zero-order valence-electron chi connectivity index (χ0n) is 14.2. The van der Waals surface area contributed by atoms with Gasteiger partial charge in [-0.1, -0.05) is 0 Å². The van der Waals surface area contributed by atoms with Crippen molar-refractivity contribution in [2.24, 2.45) is 10.9 Å². The summed E-state index contributed by atoms with van der Waals surface area (Å²) in [6.45, 7) is 6.79. The van der Waals surface area contributed by atoms with Crippen LogP contribution in [0.15, 0.2) is 4.99 Å². The molecule has 0 radical (unpaired) electrons. The summed E-state index contributed by atoms with van der Waals surface area (Å²) >= 11 is 2.07. The van der Waals surface area contributed by atoms with Crippen LogP contribution in [0, 0.1) is 12.8 Å². The molecule has 6 nitrogen and oxygen atoms in total. The van der Waals surface area contributed by atoms with E-state index in [0.717, 1.165) is 56.0 Å². The number of aryl methyl sites for hydroxylation is 2. The Labute approximate surface area is 142 Å². The smallest absolute Gasteiger partial charge is 0.191 e. The standard InChI is InChI=1S/C16H28N6S/c1-3-17-16(18-10-13-6-8-23-9-7-13)20-14-4-5-15-19-12(2)21-22(15)11-14/h13-14H,3-11H2,1-2H3,(H2,17,18,20). The Morgan fingerprint density at radius 2 is 2.17 bits per heavy atom. The number of nitrogens with one attached hydrogen (secondary N) is 2. The predicted molar refractivity (Wildman–Crippen MR) is 96.0 cm³/mol. The van der Waals surface area contributed by atoms with Crippen LogP contribution in [0.3, 0.4) is 0 Å². The van der Waals surface area contributed by atoms with E-state index in [1.807, 2.05) is 11.6 Å². The van der Waals surface area contributed by atoms with Crippen molar-refractivity contribution in [2.45, 2.75) is 52.1 Å². The third-order valence-electron chi connectivity index (χ3n) is 4.50. The first-order valence-corrected chi connectivity index (χ1v) is 9.93. The van der Waals surface area contributed by atoms with Crippen LogP contribution in [0.4, 0.5) is 0 Å². The molecule has 0 aromatic carbocycles. The Morgan fingerprint density at radius 3 is 2.96 bits per heavy atom. The summed E-state index contributed by atoms with van der Waals surface area (Å²) in [5.41, 5.74) is 0. The number of thioether (sulfide) groups is 1. The first kappa shape index (κ1) is 16.6. The number of aliphatic imine (C=N–C) groups is 1. The van der Waals surface area contributed by atoms with E-state index in [9.17, 15) is 0 Å². The highest BCUT2D eigenvalue weighted by molar-refractivity contribution is 7.99. The van der Waals surface area contributed by atoms with Crippen molar-refractivity contribution in [3.8, 4) is 0 Å². The number of hydrogen-bond donors (Lipinski definition) is 2. The molecule has 1 atom stereocenters. The number of guanidine groups is 1. The number of aromatic nitrogens is 3. The van der Waals surface area contributed by atoms with E-state index in [4.69, 9.17) is 4.99 Å². The maximum Gasteiger partial charge on any atom is 0.191 e. The average Bonchev–Trinajstić information content (AvgIpc) is 2.93. The fourth-order valence-corrected chi connectivity index (χ4v) is 4.42. The minimum atomic E-state index is 0.378. The van der Waals surface area contributed by atoms with Crippen molar-refractivity contribution in [1.29, 1.82) is 0 Å². The summed E-state index contributed by atoms with van der Waals surface area (Å²) in [5.74, 6) is 6.28. The van der Waals surface area contributed by atoms with Gasteiger partial charge in [0.25, 0.3) is 0 Å². The van der Waals surface area contributed by atoms with E-state index in [0.29, 0.717) is 6.04 Å².